The molecule has 0 unspecified atom stereocenters. The Kier molecular flexibility index (Phi) is 33.5. The second-order valence-corrected chi connectivity index (χ2v) is 22.2. The van der Waals surface area contributed by atoms with E-state index in [0.29, 0.717) is 11.3 Å². The number of aliphatic imine (C=N–C) groups is 3. The molecule has 29 N–H and O–H groups in total. The van der Waals surface area contributed by atoms with Crippen molar-refractivity contribution in [2.75, 3.05) is 19.6 Å². The van der Waals surface area contributed by atoms with Gasteiger partial charge in [0.05, 0.1) is 25.2 Å². The van der Waals surface area contributed by atoms with E-state index in [4.69, 9.17) is 45.9 Å². The molecule has 37 heteroatoms. The number of aromatic amines is 1. The minimum absolute atomic E-state index is 0.00108. The normalized spacial score (nSPS) is 14.2. The van der Waals surface area contributed by atoms with Gasteiger partial charge in [-0.1, -0.05) is 39.8 Å². The molecule has 0 spiro atoms. The fraction of sp³-hybridized carbons (Fsp3) is 0.564. The third-order valence-corrected chi connectivity index (χ3v) is 13.4. The Morgan fingerprint density at radius 3 is 1.36 bits per heavy atom. The highest BCUT2D eigenvalue weighted by atomic mass is 16.4. The molecular weight excluding hydrogens is 1210 g/mol. The van der Waals surface area contributed by atoms with E-state index in [-0.39, 0.29) is 107 Å². The molecule has 0 aliphatic rings. The molecule has 0 bridgehead atoms. The maximum atomic E-state index is 14.4. The number of hydrogen-bond acceptors (Lipinski definition) is 18. The summed E-state index contributed by atoms with van der Waals surface area (Å²) < 4.78 is 0. The number of phenols is 1. The van der Waals surface area contributed by atoms with Crippen molar-refractivity contribution in [2.45, 2.75) is 166 Å². The number of nitrogens with two attached hydrogens (primary N) is 8. The molecule has 10 atom stereocenters. The van der Waals surface area contributed by atoms with Crippen LogP contribution in [0.4, 0.5) is 0 Å². The SMILES string of the molecule is CC(C)C[C@H](NC(=O)[C@H](CC(=O)O)NC(=O)[C@H](CCCN=C(N)N)NC(=O)[C@H](Cc1cnc[nH]1)NC(=O)[C@@H](NC(=O)[C@@H](N)Cc1ccc(O)cc1)C(C)C)C(=O)N[C@@H](CCCN=C(N)N)C(=O)N[C@@H](C)C(=O)N[C@@H](CCCN=C(N)N)C(=O)N[C@@H](CC(N)=O)C(=O)O. The predicted octanol–water partition coefficient (Wildman–Crippen LogP) is -7.09. The van der Waals surface area contributed by atoms with Crippen molar-refractivity contribution in [3.8, 4) is 5.75 Å². The topological polar surface area (TPSA) is 648 Å². The fourth-order valence-electron chi connectivity index (χ4n) is 8.70. The number of rotatable bonds is 42. The van der Waals surface area contributed by atoms with Gasteiger partial charge in [0.1, 0.15) is 60.1 Å². The van der Waals surface area contributed by atoms with Gasteiger partial charge in [-0.05, 0) is 87.8 Å². The number of aliphatic carboxylic acids is 2. The molecule has 92 heavy (non-hydrogen) atoms. The van der Waals surface area contributed by atoms with Crippen LogP contribution >= 0.6 is 0 Å². The van der Waals surface area contributed by atoms with Crippen LogP contribution in [0.2, 0.25) is 0 Å². The lowest BCUT2D eigenvalue weighted by Gasteiger charge is -2.28. The van der Waals surface area contributed by atoms with Gasteiger partial charge < -0.3 is 114 Å². The van der Waals surface area contributed by atoms with Crippen LogP contribution in [0.15, 0.2) is 51.8 Å². The molecule has 0 radical (unpaired) electrons. The van der Waals surface area contributed by atoms with E-state index in [2.05, 4.69) is 72.8 Å². The summed E-state index contributed by atoms with van der Waals surface area (Å²) >= 11 is 0. The van der Waals surface area contributed by atoms with Crippen LogP contribution in [0, 0.1) is 11.8 Å². The summed E-state index contributed by atoms with van der Waals surface area (Å²) in [6.07, 6.45) is -0.0820. The summed E-state index contributed by atoms with van der Waals surface area (Å²) in [6, 6.07) is -9.26. The highest BCUT2D eigenvalue weighted by Gasteiger charge is 2.37. The summed E-state index contributed by atoms with van der Waals surface area (Å²) in [5.74, 6) is -14.9. The second-order valence-electron chi connectivity index (χ2n) is 22.2. The molecule has 0 saturated heterocycles. The molecule has 0 aliphatic carbocycles. The van der Waals surface area contributed by atoms with Crippen LogP contribution < -0.4 is 93.7 Å². The van der Waals surface area contributed by atoms with Crippen molar-refractivity contribution in [2.24, 2.45) is 72.7 Å². The molecule has 510 valence electrons. The number of amides is 10. The molecule has 0 aliphatic heterocycles. The Morgan fingerprint density at radius 1 is 0.500 bits per heavy atom. The molecule has 1 aromatic carbocycles. The third kappa shape index (κ3) is 30.2. The van der Waals surface area contributed by atoms with E-state index in [1.54, 1.807) is 39.8 Å². The Labute approximate surface area is 529 Å². The number of nitrogens with zero attached hydrogens (tertiary/aromatic N) is 4. The lowest BCUT2D eigenvalue weighted by Crippen LogP contribution is -2.61. The lowest BCUT2D eigenvalue weighted by molar-refractivity contribution is -0.143. The maximum Gasteiger partial charge on any atom is 0.326 e. The summed E-state index contributed by atoms with van der Waals surface area (Å²) in [5, 5.41) is 51.4. The Bertz CT molecular complexity index is 2910. The van der Waals surface area contributed by atoms with Crippen molar-refractivity contribution in [1.82, 2.24) is 57.8 Å². The van der Waals surface area contributed by atoms with Gasteiger partial charge >= 0.3 is 11.9 Å². The number of carboxylic acid groups (broad SMARTS) is 2. The van der Waals surface area contributed by atoms with Crippen molar-refractivity contribution < 1.29 is 72.9 Å². The van der Waals surface area contributed by atoms with E-state index in [1.165, 1.54) is 31.6 Å². The molecule has 2 aromatic rings. The first kappa shape index (κ1) is 77.7. The predicted molar refractivity (Wildman–Crippen MR) is 333 cm³/mol. The van der Waals surface area contributed by atoms with E-state index in [9.17, 15) is 72.9 Å². The standard InChI is InChI=1S/C55H90N22O15/c1-26(2)19-36(48(87)71-33(9-6-16-65-53(58)59)45(84)69-28(5)43(82)70-34(10-7-17-66-54(60)61)47(86)76-39(52(91)92)22-40(57)79)73-50(89)38(23-41(80)81)74-46(85)35(11-8-18-67-55(62)63)72-49(88)37(21-30-24-64-25-68-30)75-51(90)42(27(3)4)77-44(83)32(56)20-29-12-14-31(78)15-13-29/h12-15,24-28,32-39,42,78H,6-11,16-23,56H2,1-5H3,(H2,57,79)(H,64,68)(H,69,84)(H,70,82)(H,71,87)(H,72,88)(H,73,89)(H,74,85)(H,75,90)(H,76,86)(H,77,83)(H,80,81)(H,91,92)(H4,58,59,65)(H4,60,61,66)(H4,62,63,67)/t28-,32-,33-,34-,35-,36-,37-,38-,39-,42-/m0/s1. The number of imidazole rings is 1. The van der Waals surface area contributed by atoms with Gasteiger partial charge in [0.25, 0.3) is 0 Å². The van der Waals surface area contributed by atoms with E-state index < -0.39 is 150 Å². The zero-order valence-corrected chi connectivity index (χ0v) is 51.9. The van der Waals surface area contributed by atoms with Crippen LogP contribution in [0.25, 0.3) is 0 Å². The largest absolute Gasteiger partial charge is 0.508 e. The lowest BCUT2D eigenvalue weighted by atomic mass is 10.00. The quantitative estimate of drug-likeness (QED) is 0.0167. The average molecular weight is 1300 g/mol. The van der Waals surface area contributed by atoms with Gasteiger partial charge in [-0.2, -0.15) is 0 Å². The zero-order chi connectivity index (χ0) is 69.4. The summed E-state index contributed by atoms with van der Waals surface area (Å²) in [5.41, 5.74) is 45.1. The smallest absolute Gasteiger partial charge is 0.326 e. The number of phenolic OH excluding ortho intramolecular Hbond substituents is 1. The number of guanidine groups is 3. The number of H-pyrrole nitrogens is 1. The molecule has 10 amide bonds. The van der Waals surface area contributed by atoms with Gasteiger partial charge in [-0.15, -0.1) is 0 Å². The van der Waals surface area contributed by atoms with Gasteiger partial charge in [-0.3, -0.25) is 67.7 Å². The first-order valence-corrected chi connectivity index (χ1v) is 29.3. The van der Waals surface area contributed by atoms with Crippen molar-refractivity contribution in [3.63, 3.8) is 0 Å². The van der Waals surface area contributed by atoms with Crippen LogP contribution in [0.5, 0.6) is 5.75 Å². The number of carbonyl (C=O) groups excluding carboxylic acids is 10. The van der Waals surface area contributed by atoms with Crippen LogP contribution in [-0.2, 0) is 70.4 Å². The Balaban J connectivity index is 2.49. The first-order valence-electron chi connectivity index (χ1n) is 29.3. The van der Waals surface area contributed by atoms with Crippen LogP contribution in [0.1, 0.15) is 104 Å². The molecule has 0 saturated carbocycles. The minimum Gasteiger partial charge on any atom is -0.508 e. The van der Waals surface area contributed by atoms with E-state index in [0.717, 1.165) is 0 Å². The molecule has 0 fully saturated rings. The molecule has 1 heterocycles. The highest BCUT2D eigenvalue weighted by Crippen LogP contribution is 2.14. The maximum absolute atomic E-state index is 14.4. The number of primary amides is 1. The minimum atomic E-state index is -1.95. The van der Waals surface area contributed by atoms with Gasteiger partial charge in [0.2, 0.25) is 59.1 Å². The molecular formula is C55H90N22O15. The van der Waals surface area contributed by atoms with Gasteiger partial charge in [-0.25, -0.2) is 9.78 Å². The Hall–Kier alpha value is -10.4. The zero-order valence-electron chi connectivity index (χ0n) is 51.9. The second kappa shape index (κ2) is 39.6. The molecule has 37 nitrogen and oxygen atoms in total. The number of nitrogens with one attached hydrogen (secondary N) is 10. The van der Waals surface area contributed by atoms with Crippen LogP contribution in [-0.4, -0.2) is 194 Å². The van der Waals surface area contributed by atoms with Crippen molar-refractivity contribution in [1.29, 1.82) is 0 Å². The average Bonchev–Trinajstić information content (AvgIpc) is 1.50. The summed E-state index contributed by atoms with van der Waals surface area (Å²) in [7, 11) is 0. The van der Waals surface area contributed by atoms with E-state index >= 15 is 0 Å². The molecule has 1 aromatic heterocycles. The van der Waals surface area contributed by atoms with E-state index in [1.807, 2.05) is 0 Å². The monoisotopic (exact) mass is 1300 g/mol. The number of aromatic hydroxyl groups is 1. The third-order valence-electron chi connectivity index (χ3n) is 13.4. The van der Waals surface area contributed by atoms with Gasteiger partial charge in [0.15, 0.2) is 17.9 Å². The first-order chi connectivity index (χ1) is 43.2. The summed E-state index contributed by atoms with van der Waals surface area (Å²) in [6.45, 7) is 7.66. The number of hydrogen-bond donors (Lipinski definition) is 21. The molecule has 2 rings (SSSR count). The fourth-order valence-corrected chi connectivity index (χ4v) is 8.70. The number of carbonyl (C=O) groups is 12. The van der Waals surface area contributed by atoms with Gasteiger partial charge in [0, 0.05) is 37.9 Å². The summed E-state index contributed by atoms with van der Waals surface area (Å²) in [4.78, 5) is 180. The van der Waals surface area contributed by atoms with Crippen molar-refractivity contribution >= 4 is 88.9 Å². The van der Waals surface area contributed by atoms with Crippen molar-refractivity contribution in [3.05, 3.63) is 48.0 Å². The number of aromatic nitrogens is 2. The van der Waals surface area contributed by atoms with Crippen LogP contribution in [0.3, 0.4) is 0 Å². The Morgan fingerprint density at radius 2 is 0.924 bits per heavy atom. The number of carboxylic acids is 2. The number of benzene rings is 1. The highest BCUT2D eigenvalue weighted by molar-refractivity contribution is 5.99.